The van der Waals surface area contributed by atoms with E-state index in [-0.39, 0.29) is 6.79 Å². The molecule has 1 atom stereocenters. The largest absolute Gasteiger partial charge is 0.497 e. The number of benzene rings is 2. The first-order valence-electron chi connectivity index (χ1n) is 13.0. The van der Waals surface area contributed by atoms with E-state index >= 15 is 0 Å². The van der Waals surface area contributed by atoms with Gasteiger partial charge in [0.1, 0.15) is 5.75 Å². The normalized spacial score (nSPS) is 12.8. The summed E-state index contributed by atoms with van der Waals surface area (Å²) >= 11 is 0. The van der Waals surface area contributed by atoms with Crippen molar-refractivity contribution in [2.75, 3.05) is 27.6 Å². The maximum atomic E-state index is 10.3. The molecule has 0 fully saturated rings. The highest BCUT2D eigenvalue weighted by molar-refractivity contribution is 5.88. The highest BCUT2D eigenvalue weighted by atomic mass is 16.7. The number of carboxylic acid groups (broad SMARTS) is 3. The number of hydrogen-bond acceptors (Lipinski definition) is 11. The number of pyridine rings is 1. The van der Waals surface area contributed by atoms with Gasteiger partial charge in [0.2, 0.25) is 12.7 Å². The predicted octanol–water partition coefficient (Wildman–Crippen LogP) is 2.12. The van der Waals surface area contributed by atoms with Gasteiger partial charge in [-0.2, -0.15) is 0 Å². The SMILES string of the molecule is COc1ccc2cc(CN(Cc3ccc4c(c3)OCO4)CC(C)O)c(OC)nc2c1.O=C(O)CC(O)(CC(=O)O)C(=O)O. The van der Waals surface area contributed by atoms with Crippen LogP contribution in [0.5, 0.6) is 23.1 Å². The minimum absolute atomic E-state index is 0.251. The molecule has 0 spiro atoms. The van der Waals surface area contributed by atoms with Crippen LogP contribution in [0.3, 0.4) is 0 Å². The number of rotatable bonds is 13. The van der Waals surface area contributed by atoms with Crippen LogP contribution in [0.25, 0.3) is 10.9 Å². The Bertz CT molecular complexity index is 1440. The van der Waals surface area contributed by atoms with Crippen molar-refractivity contribution in [3.05, 3.63) is 53.6 Å². The first kappa shape index (κ1) is 32.8. The van der Waals surface area contributed by atoms with Crippen LogP contribution in [0.15, 0.2) is 42.5 Å². The second-order valence-electron chi connectivity index (χ2n) is 9.90. The lowest BCUT2D eigenvalue weighted by molar-refractivity contribution is -0.170. The minimum atomic E-state index is -2.74. The monoisotopic (exact) mass is 602 g/mol. The topological polar surface area (TPSA) is 205 Å². The summed E-state index contributed by atoms with van der Waals surface area (Å²) < 4.78 is 21.8. The number of nitrogens with zero attached hydrogens (tertiary/aromatic N) is 2. The number of carboxylic acids is 3. The summed E-state index contributed by atoms with van der Waals surface area (Å²) in [5.41, 5.74) is 0.110. The van der Waals surface area contributed by atoms with Crippen molar-refractivity contribution in [3.8, 4) is 23.1 Å². The Balaban J connectivity index is 0.000000331. The van der Waals surface area contributed by atoms with E-state index in [4.69, 9.17) is 39.4 Å². The molecule has 2 aromatic carbocycles. The van der Waals surface area contributed by atoms with E-state index < -0.39 is 42.5 Å². The summed E-state index contributed by atoms with van der Waals surface area (Å²) in [5, 5.41) is 44.9. The fraction of sp³-hybridized carbons (Fsp3) is 0.379. The van der Waals surface area contributed by atoms with Crippen molar-refractivity contribution in [1.82, 2.24) is 9.88 Å². The van der Waals surface area contributed by atoms with Gasteiger partial charge < -0.3 is 44.5 Å². The third kappa shape index (κ3) is 9.16. The van der Waals surface area contributed by atoms with Gasteiger partial charge in [0.05, 0.1) is 38.7 Å². The minimum Gasteiger partial charge on any atom is -0.497 e. The summed E-state index contributed by atoms with van der Waals surface area (Å²) in [5.74, 6) is -2.19. The van der Waals surface area contributed by atoms with Gasteiger partial charge in [-0.05, 0) is 42.8 Å². The van der Waals surface area contributed by atoms with Crippen LogP contribution < -0.4 is 18.9 Å². The molecular weight excluding hydrogens is 568 g/mol. The van der Waals surface area contributed by atoms with E-state index in [0.29, 0.717) is 25.5 Å². The van der Waals surface area contributed by atoms with Gasteiger partial charge in [0, 0.05) is 36.7 Å². The standard InChI is InChI=1S/C23H26N2O5.C6H8O7/c1-15(26)11-25(12-16-4-7-21-22(8-16)30-14-29-21)13-18-9-17-5-6-19(27-2)10-20(17)24-23(18)28-3;7-3(8)1-6(13,5(11)12)2-4(9)10/h4-10,15,26H,11-14H2,1-3H3;13H,1-2H2,(H,7,8)(H,9,10)(H,11,12). The molecule has 1 unspecified atom stereocenters. The van der Waals surface area contributed by atoms with Crippen molar-refractivity contribution in [3.63, 3.8) is 0 Å². The average Bonchev–Trinajstić information content (AvgIpc) is 3.39. The number of carbonyl (C=O) groups is 3. The zero-order chi connectivity index (χ0) is 31.7. The molecule has 5 N–H and O–H groups in total. The lowest BCUT2D eigenvalue weighted by atomic mass is 9.96. The van der Waals surface area contributed by atoms with Crippen LogP contribution in [0, 0.1) is 0 Å². The molecular formula is C29H34N2O12. The Hall–Kier alpha value is -4.66. The molecule has 4 rings (SSSR count). The summed E-state index contributed by atoms with van der Waals surface area (Å²) in [6, 6.07) is 13.8. The molecule has 14 nitrogen and oxygen atoms in total. The van der Waals surface area contributed by atoms with Crippen molar-refractivity contribution in [1.29, 1.82) is 0 Å². The fourth-order valence-corrected chi connectivity index (χ4v) is 4.40. The number of fused-ring (bicyclic) bond motifs is 2. The first-order valence-corrected chi connectivity index (χ1v) is 13.0. The van der Waals surface area contributed by atoms with Gasteiger partial charge in [0.15, 0.2) is 17.1 Å². The second kappa shape index (κ2) is 14.5. The molecule has 1 aliphatic heterocycles. The number of hydrogen-bond donors (Lipinski definition) is 5. The van der Waals surface area contributed by atoms with Crippen molar-refractivity contribution >= 4 is 28.8 Å². The maximum absolute atomic E-state index is 10.3. The average molecular weight is 603 g/mol. The van der Waals surface area contributed by atoms with Gasteiger partial charge in [0.25, 0.3) is 0 Å². The second-order valence-corrected chi connectivity index (χ2v) is 9.90. The summed E-state index contributed by atoms with van der Waals surface area (Å²) in [4.78, 5) is 37.3. The molecule has 43 heavy (non-hydrogen) atoms. The van der Waals surface area contributed by atoms with E-state index in [2.05, 4.69) is 16.0 Å². The van der Waals surface area contributed by atoms with Crippen LogP contribution >= 0.6 is 0 Å². The van der Waals surface area contributed by atoms with E-state index in [1.165, 1.54) is 0 Å². The highest BCUT2D eigenvalue weighted by Crippen LogP contribution is 2.33. The van der Waals surface area contributed by atoms with E-state index in [9.17, 15) is 19.5 Å². The van der Waals surface area contributed by atoms with Crippen LogP contribution in [0.1, 0.15) is 30.9 Å². The highest BCUT2D eigenvalue weighted by Gasteiger charge is 2.40. The Labute approximate surface area is 246 Å². The molecule has 14 heteroatoms. The quantitative estimate of drug-likeness (QED) is 0.190. The van der Waals surface area contributed by atoms with Crippen molar-refractivity contribution in [2.24, 2.45) is 0 Å². The number of aliphatic hydroxyl groups is 2. The molecule has 0 saturated carbocycles. The molecule has 0 saturated heterocycles. The lowest BCUT2D eigenvalue weighted by Gasteiger charge is -2.25. The lowest BCUT2D eigenvalue weighted by Crippen LogP contribution is -2.42. The Morgan fingerprint density at radius 2 is 1.63 bits per heavy atom. The molecule has 1 aliphatic rings. The summed E-state index contributed by atoms with van der Waals surface area (Å²) in [7, 11) is 3.26. The summed E-state index contributed by atoms with van der Waals surface area (Å²) in [6.45, 7) is 3.77. The predicted molar refractivity (Wildman–Crippen MR) is 150 cm³/mol. The Morgan fingerprint density at radius 1 is 0.953 bits per heavy atom. The Kier molecular flexibility index (Phi) is 11.1. The number of aliphatic hydroxyl groups excluding tert-OH is 1. The van der Waals surface area contributed by atoms with Crippen LogP contribution in [-0.4, -0.2) is 92.6 Å². The van der Waals surface area contributed by atoms with Crippen LogP contribution in [0.2, 0.25) is 0 Å². The third-order valence-corrected chi connectivity index (χ3v) is 6.30. The van der Waals surface area contributed by atoms with Gasteiger partial charge in [-0.25, -0.2) is 9.78 Å². The molecule has 3 aromatic rings. The zero-order valence-corrected chi connectivity index (χ0v) is 23.8. The molecule has 232 valence electrons. The van der Waals surface area contributed by atoms with Crippen LogP contribution in [0.4, 0.5) is 0 Å². The molecule has 0 amide bonds. The van der Waals surface area contributed by atoms with E-state index in [1.807, 2.05) is 36.4 Å². The number of ether oxygens (including phenoxy) is 4. The smallest absolute Gasteiger partial charge is 0.336 e. The van der Waals surface area contributed by atoms with Crippen LogP contribution in [-0.2, 0) is 27.5 Å². The van der Waals surface area contributed by atoms with Gasteiger partial charge in [-0.15, -0.1) is 0 Å². The van der Waals surface area contributed by atoms with E-state index in [1.54, 1.807) is 21.1 Å². The van der Waals surface area contributed by atoms with E-state index in [0.717, 1.165) is 39.3 Å². The van der Waals surface area contributed by atoms with Gasteiger partial charge in [-0.1, -0.05) is 6.07 Å². The molecule has 1 aromatic heterocycles. The number of aliphatic carboxylic acids is 3. The molecule has 0 radical (unpaired) electrons. The van der Waals surface area contributed by atoms with Crippen molar-refractivity contribution in [2.45, 2.75) is 44.6 Å². The molecule has 0 aliphatic carbocycles. The molecule has 0 bridgehead atoms. The first-order chi connectivity index (χ1) is 20.3. The van der Waals surface area contributed by atoms with Gasteiger partial charge in [-0.3, -0.25) is 14.5 Å². The third-order valence-electron chi connectivity index (χ3n) is 6.30. The molecule has 2 heterocycles. The maximum Gasteiger partial charge on any atom is 0.336 e. The summed E-state index contributed by atoms with van der Waals surface area (Å²) in [6.07, 6.45) is -2.76. The zero-order valence-electron chi connectivity index (χ0n) is 23.8. The van der Waals surface area contributed by atoms with Crippen molar-refractivity contribution < 1.29 is 58.9 Å². The number of methoxy groups -OCH3 is 2. The fourth-order valence-electron chi connectivity index (χ4n) is 4.40. The number of aromatic nitrogens is 1. The van der Waals surface area contributed by atoms with Gasteiger partial charge >= 0.3 is 17.9 Å². The Morgan fingerprint density at radius 3 is 2.21 bits per heavy atom.